The number of rotatable bonds is 4. The molecule has 0 amide bonds. The first-order chi connectivity index (χ1) is 11.3. The molecule has 0 atom stereocenters. The Morgan fingerprint density at radius 1 is 1.38 bits per heavy atom. The zero-order valence-electron chi connectivity index (χ0n) is 13.6. The summed E-state index contributed by atoms with van der Waals surface area (Å²) in [6.07, 6.45) is 0. The van der Waals surface area contributed by atoms with Crippen molar-refractivity contribution >= 4 is 27.3 Å². The van der Waals surface area contributed by atoms with E-state index >= 15 is 0 Å². The average molecular weight is 372 g/mol. The number of benzene rings is 1. The van der Waals surface area contributed by atoms with Crippen molar-refractivity contribution in [3.05, 3.63) is 34.5 Å². The van der Waals surface area contributed by atoms with Gasteiger partial charge in [0.1, 0.15) is 12.3 Å². The van der Waals surface area contributed by atoms with Gasteiger partial charge in [0, 0.05) is 19.2 Å². The highest BCUT2D eigenvalue weighted by molar-refractivity contribution is 7.92. The predicted octanol–water partition coefficient (Wildman–Crippen LogP) is 2.12. The molecule has 1 aromatic carbocycles. The molecule has 7 nitrogen and oxygen atoms in total. The molecule has 9 heteroatoms. The van der Waals surface area contributed by atoms with Crippen molar-refractivity contribution in [2.45, 2.75) is 18.4 Å². The van der Waals surface area contributed by atoms with Crippen LogP contribution in [-0.4, -0.2) is 38.5 Å². The first-order valence-corrected chi connectivity index (χ1v) is 9.14. The zero-order valence-corrected chi connectivity index (χ0v) is 15.2. The molecule has 0 N–H and O–H groups in total. The lowest BCUT2D eigenvalue weighted by atomic mass is 10.2. The van der Waals surface area contributed by atoms with Crippen molar-refractivity contribution in [2.24, 2.45) is 7.05 Å². The monoisotopic (exact) mass is 371 g/mol. The summed E-state index contributed by atoms with van der Waals surface area (Å²) in [5.74, 6) is 0.446. The second-order valence-electron chi connectivity index (χ2n) is 5.52. The van der Waals surface area contributed by atoms with Gasteiger partial charge in [-0.15, -0.1) is 0 Å². The molecule has 0 unspecified atom stereocenters. The van der Waals surface area contributed by atoms with Crippen LogP contribution in [0.25, 0.3) is 0 Å². The Morgan fingerprint density at radius 3 is 2.83 bits per heavy atom. The van der Waals surface area contributed by atoms with Gasteiger partial charge in [0.15, 0.2) is 0 Å². The van der Waals surface area contributed by atoms with Crippen molar-refractivity contribution in [3.8, 4) is 5.88 Å². The molecule has 0 bridgehead atoms. The summed E-state index contributed by atoms with van der Waals surface area (Å²) in [4.78, 5) is 0.123. The number of hydrogen-bond donors (Lipinski definition) is 0. The van der Waals surface area contributed by atoms with Gasteiger partial charge in [-0.25, -0.2) is 13.1 Å². The van der Waals surface area contributed by atoms with E-state index in [1.807, 2.05) is 0 Å². The third-order valence-electron chi connectivity index (χ3n) is 3.75. The molecule has 130 valence electrons. The molecule has 1 aliphatic heterocycles. The molecule has 0 aliphatic carbocycles. The third kappa shape index (κ3) is 2.85. The lowest BCUT2D eigenvalue weighted by Gasteiger charge is -2.29. The molecule has 1 aliphatic rings. The highest BCUT2D eigenvalue weighted by Gasteiger charge is 2.34. The number of nitrogens with zero attached hydrogens (tertiary/aromatic N) is 3. The van der Waals surface area contributed by atoms with Crippen molar-refractivity contribution < 1.29 is 17.9 Å². The second kappa shape index (κ2) is 6.27. The maximum atomic E-state index is 13.2. The molecule has 0 spiro atoms. The van der Waals surface area contributed by atoms with Gasteiger partial charge in [0.25, 0.3) is 10.0 Å². The standard InChI is InChI=1S/C15H18ClN3O4S/c1-10-14-15(18(2)17-10)23-5-4-19(14)24(20,21)13-7-11(9-22-3)6-12(16)8-13/h6-8H,4-5,9H2,1-3H3. The summed E-state index contributed by atoms with van der Waals surface area (Å²) in [6, 6.07) is 4.70. The maximum Gasteiger partial charge on any atom is 0.264 e. The fourth-order valence-corrected chi connectivity index (χ4v) is 4.72. The number of halogens is 1. The van der Waals surface area contributed by atoms with E-state index < -0.39 is 10.0 Å². The quantitative estimate of drug-likeness (QED) is 0.823. The Morgan fingerprint density at radius 2 is 2.12 bits per heavy atom. The van der Waals surface area contributed by atoms with Crippen LogP contribution in [-0.2, 0) is 28.4 Å². The molecule has 2 aromatic rings. The number of anilines is 1. The summed E-state index contributed by atoms with van der Waals surface area (Å²) in [5.41, 5.74) is 1.76. The Hall–Kier alpha value is -1.77. The second-order valence-corrected chi connectivity index (χ2v) is 7.82. The summed E-state index contributed by atoms with van der Waals surface area (Å²) in [7, 11) is -0.524. The summed E-state index contributed by atoms with van der Waals surface area (Å²) < 4.78 is 39.8. The summed E-state index contributed by atoms with van der Waals surface area (Å²) in [5, 5.41) is 4.60. The largest absolute Gasteiger partial charge is 0.474 e. The van der Waals surface area contributed by atoms with Crippen LogP contribution in [0.3, 0.4) is 0 Å². The third-order valence-corrected chi connectivity index (χ3v) is 5.75. The molecule has 24 heavy (non-hydrogen) atoms. The van der Waals surface area contributed by atoms with Gasteiger partial charge in [-0.3, -0.25) is 4.31 Å². The van der Waals surface area contributed by atoms with Crippen molar-refractivity contribution in [1.29, 1.82) is 0 Å². The van der Waals surface area contributed by atoms with E-state index in [0.717, 1.165) is 0 Å². The van der Waals surface area contributed by atoms with Gasteiger partial charge in [0.2, 0.25) is 5.88 Å². The van der Waals surface area contributed by atoms with Gasteiger partial charge >= 0.3 is 0 Å². The molecule has 0 fully saturated rings. The van der Waals surface area contributed by atoms with Gasteiger partial charge in [-0.1, -0.05) is 11.6 Å². The Labute approximate surface area is 145 Å². The minimum absolute atomic E-state index is 0.123. The van der Waals surface area contributed by atoms with Crippen LogP contribution in [0.5, 0.6) is 5.88 Å². The lowest BCUT2D eigenvalue weighted by Crippen LogP contribution is -2.38. The predicted molar refractivity (Wildman–Crippen MR) is 90.1 cm³/mol. The smallest absolute Gasteiger partial charge is 0.264 e. The van der Waals surface area contributed by atoms with Crippen LogP contribution < -0.4 is 9.04 Å². The highest BCUT2D eigenvalue weighted by Crippen LogP contribution is 2.38. The minimum Gasteiger partial charge on any atom is -0.474 e. The van der Waals surface area contributed by atoms with E-state index in [4.69, 9.17) is 21.1 Å². The van der Waals surface area contributed by atoms with E-state index in [0.29, 0.717) is 27.8 Å². The van der Waals surface area contributed by atoms with Crippen LogP contribution in [0.4, 0.5) is 5.69 Å². The number of fused-ring (bicyclic) bond motifs is 1. The maximum absolute atomic E-state index is 13.2. The van der Waals surface area contributed by atoms with Gasteiger partial charge in [-0.2, -0.15) is 5.10 Å². The lowest BCUT2D eigenvalue weighted by molar-refractivity contribution is 0.184. The molecular formula is C15H18ClN3O4S. The Bertz CT molecular complexity index is 879. The highest BCUT2D eigenvalue weighted by atomic mass is 35.5. The first kappa shape index (κ1) is 17.1. The number of sulfonamides is 1. The fourth-order valence-electron chi connectivity index (χ4n) is 2.80. The Kier molecular flexibility index (Phi) is 4.46. The number of aryl methyl sites for hydroxylation is 2. The van der Waals surface area contributed by atoms with Crippen molar-refractivity contribution in [1.82, 2.24) is 9.78 Å². The van der Waals surface area contributed by atoms with Crippen LogP contribution in [0.1, 0.15) is 11.3 Å². The van der Waals surface area contributed by atoms with Crippen LogP contribution in [0, 0.1) is 6.92 Å². The molecule has 3 rings (SSSR count). The molecule has 1 aromatic heterocycles. The zero-order chi connectivity index (χ0) is 17.5. The summed E-state index contributed by atoms with van der Waals surface area (Å²) >= 11 is 6.09. The van der Waals surface area contributed by atoms with Crippen molar-refractivity contribution in [2.75, 3.05) is 24.6 Å². The normalized spacial score (nSPS) is 14.4. The van der Waals surface area contributed by atoms with E-state index in [9.17, 15) is 8.42 Å². The van der Waals surface area contributed by atoms with E-state index in [1.165, 1.54) is 10.4 Å². The topological polar surface area (TPSA) is 73.7 Å². The average Bonchev–Trinajstić information content (AvgIpc) is 2.82. The number of ether oxygens (including phenoxy) is 2. The van der Waals surface area contributed by atoms with Crippen LogP contribution in [0.15, 0.2) is 23.1 Å². The molecule has 0 saturated heterocycles. The number of methoxy groups -OCH3 is 1. The van der Waals surface area contributed by atoms with Crippen LogP contribution in [0.2, 0.25) is 5.02 Å². The molecule has 0 saturated carbocycles. The van der Waals surface area contributed by atoms with E-state index in [1.54, 1.807) is 37.9 Å². The molecule has 2 heterocycles. The van der Waals surface area contributed by atoms with Gasteiger partial charge < -0.3 is 9.47 Å². The number of hydrogen-bond acceptors (Lipinski definition) is 5. The fraction of sp³-hybridized carbons (Fsp3) is 0.400. The van der Waals surface area contributed by atoms with Crippen molar-refractivity contribution in [3.63, 3.8) is 0 Å². The van der Waals surface area contributed by atoms with Crippen LogP contribution >= 0.6 is 11.6 Å². The summed E-state index contributed by atoms with van der Waals surface area (Å²) in [6.45, 7) is 2.51. The first-order valence-electron chi connectivity index (χ1n) is 7.32. The minimum atomic E-state index is -3.79. The van der Waals surface area contributed by atoms with E-state index in [2.05, 4.69) is 5.10 Å². The Balaban J connectivity index is 2.10. The van der Waals surface area contributed by atoms with Gasteiger partial charge in [0.05, 0.1) is 23.7 Å². The number of aromatic nitrogens is 2. The molecule has 0 radical (unpaired) electrons. The SMILES string of the molecule is COCc1cc(Cl)cc(S(=O)(=O)N2CCOc3c2c(C)nn3C)c1. The van der Waals surface area contributed by atoms with Gasteiger partial charge in [-0.05, 0) is 30.7 Å². The van der Waals surface area contributed by atoms with E-state index in [-0.39, 0.29) is 24.7 Å². The molecular weight excluding hydrogens is 354 g/mol.